The van der Waals surface area contributed by atoms with Gasteiger partial charge in [-0.2, -0.15) is 0 Å². The minimum absolute atomic E-state index is 0.0137. The lowest BCUT2D eigenvalue weighted by Gasteiger charge is -2.41. The highest BCUT2D eigenvalue weighted by molar-refractivity contribution is 7.47. The number of phosphoric acid groups is 1. The summed E-state index contributed by atoms with van der Waals surface area (Å²) in [4.78, 5) is 35.6. The van der Waals surface area contributed by atoms with Gasteiger partial charge in [0.1, 0.15) is 43.2 Å². The summed E-state index contributed by atoms with van der Waals surface area (Å²) >= 11 is 0. The smallest absolute Gasteiger partial charge is 0.462 e. The van der Waals surface area contributed by atoms with E-state index >= 15 is 0 Å². The Bertz CT molecular complexity index is 1470. The second kappa shape index (κ2) is 36.1. The first kappa shape index (κ1) is 56.7. The van der Waals surface area contributed by atoms with E-state index in [1.807, 2.05) is 61.6 Å². The third kappa shape index (κ3) is 28.4. The van der Waals surface area contributed by atoms with Crippen LogP contribution in [0.1, 0.15) is 123 Å². The number of esters is 2. The molecule has 0 spiro atoms. The number of carbonyl (C=O) groups is 2. The highest BCUT2D eigenvalue weighted by atomic mass is 31.2. The summed E-state index contributed by atoms with van der Waals surface area (Å²) in [6, 6.07) is 0. The van der Waals surface area contributed by atoms with Crippen molar-refractivity contribution in [3.8, 4) is 0 Å². The fourth-order valence-corrected chi connectivity index (χ4v) is 6.85. The third-order valence-corrected chi connectivity index (χ3v) is 10.5. The van der Waals surface area contributed by atoms with E-state index in [0.717, 1.165) is 44.9 Å². The van der Waals surface area contributed by atoms with Crippen molar-refractivity contribution in [3.05, 3.63) is 97.2 Å². The van der Waals surface area contributed by atoms with Gasteiger partial charge in [0.2, 0.25) is 0 Å². The summed E-state index contributed by atoms with van der Waals surface area (Å²) in [6.07, 6.45) is 31.0. The van der Waals surface area contributed by atoms with Crippen LogP contribution in [0.4, 0.5) is 0 Å². The molecule has 352 valence electrons. The first-order valence-electron chi connectivity index (χ1n) is 22.1. The van der Waals surface area contributed by atoms with Crippen molar-refractivity contribution in [2.75, 3.05) is 13.2 Å². The minimum Gasteiger partial charge on any atom is -0.462 e. The van der Waals surface area contributed by atoms with Gasteiger partial charge in [-0.25, -0.2) is 4.57 Å². The molecule has 15 heteroatoms. The van der Waals surface area contributed by atoms with E-state index in [-0.39, 0.29) is 12.8 Å². The molecule has 0 saturated heterocycles. The predicted octanol–water partition coefficient (Wildman–Crippen LogP) is 7.24. The van der Waals surface area contributed by atoms with Crippen molar-refractivity contribution in [1.29, 1.82) is 0 Å². The van der Waals surface area contributed by atoms with E-state index in [1.165, 1.54) is 19.3 Å². The van der Waals surface area contributed by atoms with Crippen LogP contribution in [-0.2, 0) is 32.7 Å². The van der Waals surface area contributed by atoms with Crippen LogP contribution in [0, 0.1) is 0 Å². The Kier molecular flexibility index (Phi) is 33.1. The molecule has 9 atom stereocenters. The van der Waals surface area contributed by atoms with Crippen LogP contribution in [-0.4, -0.2) is 110 Å². The van der Waals surface area contributed by atoms with Crippen molar-refractivity contribution in [3.63, 3.8) is 0 Å². The lowest BCUT2D eigenvalue weighted by molar-refractivity contribution is -0.220. The molecule has 0 radical (unpaired) electrons. The number of unbranched alkanes of at least 4 members (excludes halogenated alkanes) is 6. The van der Waals surface area contributed by atoms with Gasteiger partial charge in [-0.05, 0) is 83.5 Å². The molecule has 0 aromatic rings. The molecule has 14 nitrogen and oxygen atoms in total. The molecule has 0 aliphatic heterocycles. The van der Waals surface area contributed by atoms with Gasteiger partial charge in [0.25, 0.3) is 0 Å². The van der Waals surface area contributed by atoms with Crippen LogP contribution < -0.4 is 0 Å². The summed E-state index contributed by atoms with van der Waals surface area (Å²) in [5.74, 6) is -1.25. The van der Waals surface area contributed by atoms with Gasteiger partial charge in [-0.1, -0.05) is 124 Å². The Hall–Kier alpha value is -3.27. The monoisotopic (exact) mass is 894 g/mol. The highest BCUT2D eigenvalue weighted by Gasteiger charge is 2.51. The zero-order chi connectivity index (χ0) is 45.9. The van der Waals surface area contributed by atoms with Gasteiger partial charge in [-0.15, -0.1) is 0 Å². The van der Waals surface area contributed by atoms with Gasteiger partial charge in [0.15, 0.2) is 6.10 Å². The molecule has 1 aliphatic rings. The Morgan fingerprint density at radius 1 is 0.597 bits per heavy atom. The number of phosphoric ester groups is 1. The molecule has 1 fully saturated rings. The maximum atomic E-state index is 12.8. The fraction of sp³-hybridized carbons (Fsp3) is 0.617. The molecule has 62 heavy (non-hydrogen) atoms. The summed E-state index contributed by atoms with van der Waals surface area (Å²) in [7, 11) is -5.16. The third-order valence-electron chi connectivity index (χ3n) is 9.48. The summed E-state index contributed by atoms with van der Waals surface area (Å²) < 4.78 is 33.3. The zero-order valence-electron chi connectivity index (χ0n) is 36.7. The highest BCUT2D eigenvalue weighted by Crippen LogP contribution is 2.47. The van der Waals surface area contributed by atoms with E-state index in [4.69, 9.17) is 18.5 Å². The second-order valence-corrected chi connectivity index (χ2v) is 16.4. The van der Waals surface area contributed by atoms with Crippen LogP contribution in [0.2, 0.25) is 0 Å². The average molecular weight is 895 g/mol. The minimum atomic E-state index is -5.16. The molecule has 1 aliphatic carbocycles. The maximum Gasteiger partial charge on any atom is 0.472 e. The maximum absolute atomic E-state index is 12.8. The number of allylic oxidation sites excluding steroid dienone is 14. The molecule has 0 aromatic carbocycles. The molecular weight excluding hydrogens is 819 g/mol. The summed E-state index contributed by atoms with van der Waals surface area (Å²) in [6.45, 7) is 2.92. The Morgan fingerprint density at radius 2 is 1.10 bits per heavy atom. The van der Waals surface area contributed by atoms with Crippen molar-refractivity contribution >= 4 is 19.8 Å². The van der Waals surface area contributed by atoms with E-state index < -0.39 is 81.8 Å². The molecule has 0 bridgehead atoms. The number of ether oxygens (including phenoxy) is 2. The molecule has 0 aromatic heterocycles. The predicted molar refractivity (Wildman–Crippen MR) is 240 cm³/mol. The first-order chi connectivity index (χ1) is 29.8. The van der Waals surface area contributed by atoms with Gasteiger partial charge in [0, 0.05) is 12.8 Å². The van der Waals surface area contributed by atoms with E-state index in [9.17, 15) is 49.7 Å². The number of hydrogen-bond acceptors (Lipinski definition) is 13. The van der Waals surface area contributed by atoms with E-state index in [2.05, 4.69) is 43.4 Å². The number of aliphatic hydroxyl groups excluding tert-OH is 6. The molecule has 0 amide bonds. The van der Waals surface area contributed by atoms with Crippen molar-refractivity contribution in [2.45, 2.75) is 172 Å². The summed E-state index contributed by atoms with van der Waals surface area (Å²) in [5.41, 5.74) is 0. The quantitative estimate of drug-likeness (QED) is 0.0111. The number of rotatable bonds is 34. The fourth-order valence-electron chi connectivity index (χ4n) is 5.88. The second-order valence-electron chi connectivity index (χ2n) is 15.0. The average Bonchev–Trinajstić information content (AvgIpc) is 3.25. The first-order valence-corrected chi connectivity index (χ1v) is 23.6. The SMILES string of the molecule is CC/C=C\C(O)C/C=C/C=C\C/C=C\C/C=C\CCCC(=O)O[C@H](COC(=O)CCCC/C=C\C/C=C\C/C=C\CCCCC)COP(=O)(O)OC1[C@H](O)[C@H](O)C(O)[C@H](O)[C@H]1O. The van der Waals surface area contributed by atoms with Crippen LogP contribution in [0.15, 0.2) is 97.2 Å². The van der Waals surface area contributed by atoms with Gasteiger partial charge in [-0.3, -0.25) is 18.6 Å². The van der Waals surface area contributed by atoms with Crippen LogP contribution >= 0.6 is 7.82 Å². The normalized spacial score (nSPS) is 23.3. The Balaban J connectivity index is 2.58. The largest absolute Gasteiger partial charge is 0.472 e. The molecule has 1 rings (SSSR count). The van der Waals surface area contributed by atoms with Crippen LogP contribution in [0.3, 0.4) is 0 Å². The Labute approximate surface area is 369 Å². The standard InChI is InChI=1S/C47H75O14P/c1-3-5-7-8-9-10-11-12-13-14-18-21-24-27-30-34-40(49)58-36-39(37-59-62(56,57)61-47-45(54)43(52)42(51)44(53)46(47)55)60-41(50)35-31-28-25-22-19-16-15-17-20-23-26-29-33-38(48)32-6-4-2/h6,9-10,12-13,15-16,18,20-23,25-26,29,32,38-39,42-48,51-55H,3-5,7-8,11,14,17,19,24,27-28,30-31,33-37H2,1-2H3,(H,56,57)/b10-9-,13-12-,16-15-,21-18-,23-20-,25-22-,29-26+,32-6-/t38?,39-,42?,43-,44+,45-,46-,47?/m1/s1. The molecule has 0 heterocycles. The Morgan fingerprint density at radius 3 is 1.68 bits per heavy atom. The lowest BCUT2D eigenvalue weighted by atomic mass is 9.85. The van der Waals surface area contributed by atoms with Gasteiger partial charge >= 0.3 is 19.8 Å². The van der Waals surface area contributed by atoms with Crippen LogP contribution in [0.5, 0.6) is 0 Å². The van der Waals surface area contributed by atoms with E-state index in [0.29, 0.717) is 32.1 Å². The van der Waals surface area contributed by atoms with Crippen molar-refractivity contribution in [1.82, 2.24) is 0 Å². The lowest BCUT2D eigenvalue weighted by Crippen LogP contribution is -2.64. The molecule has 7 N–H and O–H groups in total. The van der Waals surface area contributed by atoms with Gasteiger partial charge < -0.3 is 45.0 Å². The van der Waals surface area contributed by atoms with Gasteiger partial charge in [0.05, 0.1) is 12.7 Å². The van der Waals surface area contributed by atoms with E-state index in [1.54, 1.807) is 6.08 Å². The van der Waals surface area contributed by atoms with Crippen molar-refractivity contribution in [2.24, 2.45) is 0 Å². The van der Waals surface area contributed by atoms with Crippen LogP contribution in [0.25, 0.3) is 0 Å². The number of aliphatic hydroxyl groups is 6. The number of hydrogen-bond donors (Lipinski definition) is 7. The summed E-state index contributed by atoms with van der Waals surface area (Å²) in [5, 5.41) is 59.9. The topological polar surface area (TPSA) is 230 Å². The molecule has 1 saturated carbocycles. The number of carbonyl (C=O) groups excluding carboxylic acids is 2. The zero-order valence-corrected chi connectivity index (χ0v) is 37.6. The van der Waals surface area contributed by atoms with Crippen molar-refractivity contribution < 1.29 is 68.2 Å². The molecule has 4 unspecified atom stereocenters. The molecular formula is C47H75O14P.